The first-order valence-corrected chi connectivity index (χ1v) is 5.81. The monoisotopic (exact) mass is 278 g/mol. The molecule has 0 aromatic heterocycles. The van der Waals surface area contributed by atoms with E-state index in [0.29, 0.717) is 0 Å². The minimum atomic E-state index is -0.534. The van der Waals surface area contributed by atoms with Crippen molar-refractivity contribution in [2.24, 2.45) is 0 Å². The van der Waals surface area contributed by atoms with Crippen LogP contribution in [0, 0.1) is 0 Å². The van der Waals surface area contributed by atoms with Gasteiger partial charge in [0.2, 0.25) is 0 Å². The largest absolute Gasteiger partial charge is 0.463 e. The Morgan fingerprint density at radius 1 is 0.789 bits per heavy atom. The van der Waals surface area contributed by atoms with Crippen molar-refractivity contribution >= 4 is 11.9 Å². The van der Waals surface area contributed by atoms with Crippen molar-refractivity contribution < 1.29 is 33.3 Å². The van der Waals surface area contributed by atoms with Crippen LogP contribution in [0.15, 0.2) is 0 Å². The fourth-order valence-electron chi connectivity index (χ4n) is 1.54. The molecule has 0 aliphatic heterocycles. The topological polar surface area (TPSA) is 80.3 Å². The SMILES string of the molecule is CO[C@H]([C@H](COC(C)=O)OC)[C@@H](COC(C)=O)OC. The van der Waals surface area contributed by atoms with Gasteiger partial charge in [-0.25, -0.2) is 0 Å². The molecule has 112 valence electrons. The molecule has 0 N–H and O–H groups in total. The van der Waals surface area contributed by atoms with Crippen molar-refractivity contribution in [3.63, 3.8) is 0 Å². The van der Waals surface area contributed by atoms with Gasteiger partial charge >= 0.3 is 11.9 Å². The average molecular weight is 278 g/mol. The van der Waals surface area contributed by atoms with Crippen LogP contribution in [0.4, 0.5) is 0 Å². The molecular weight excluding hydrogens is 256 g/mol. The van der Waals surface area contributed by atoms with Crippen LogP contribution < -0.4 is 0 Å². The number of hydrogen-bond acceptors (Lipinski definition) is 7. The van der Waals surface area contributed by atoms with E-state index >= 15 is 0 Å². The number of carbonyl (C=O) groups excluding carboxylic acids is 2. The zero-order valence-corrected chi connectivity index (χ0v) is 12.0. The van der Waals surface area contributed by atoms with Crippen molar-refractivity contribution in [1.29, 1.82) is 0 Å². The highest BCUT2D eigenvalue weighted by atomic mass is 16.6. The van der Waals surface area contributed by atoms with Gasteiger partial charge in [-0.2, -0.15) is 0 Å². The summed E-state index contributed by atoms with van der Waals surface area (Å²) in [5.74, 6) is -0.822. The van der Waals surface area contributed by atoms with Crippen LogP contribution in [0.25, 0.3) is 0 Å². The second-order valence-corrected chi connectivity index (χ2v) is 3.85. The molecular formula is C12H22O7. The number of hydrogen-bond donors (Lipinski definition) is 0. The maximum Gasteiger partial charge on any atom is 0.302 e. The maximum absolute atomic E-state index is 10.8. The van der Waals surface area contributed by atoms with Gasteiger partial charge in [-0.3, -0.25) is 9.59 Å². The lowest BCUT2D eigenvalue weighted by Crippen LogP contribution is -2.46. The van der Waals surface area contributed by atoms with Crippen LogP contribution >= 0.6 is 0 Å². The summed E-state index contributed by atoms with van der Waals surface area (Å²) in [4.78, 5) is 21.6. The molecule has 7 nitrogen and oxygen atoms in total. The number of esters is 2. The highest BCUT2D eigenvalue weighted by Gasteiger charge is 2.31. The number of rotatable bonds is 9. The summed E-state index contributed by atoms with van der Waals surface area (Å²) in [6.45, 7) is 2.68. The molecule has 0 spiro atoms. The summed E-state index contributed by atoms with van der Waals surface area (Å²) in [6.07, 6.45) is -1.57. The van der Waals surface area contributed by atoms with E-state index in [9.17, 15) is 9.59 Å². The van der Waals surface area contributed by atoms with Crippen molar-refractivity contribution in [2.75, 3.05) is 34.5 Å². The molecule has 0 radical (unpaired) electrons. The minimum Gasteiger partial charge on any atom is -0.463 e. The Kier molecular flexibility index (Phi) is 9.11. The predicted molar refractivity (Wildman–Crippen MR) is 65.7 cm³/mol. The Morgan fingerprint density at radius 3 is 1.37 bits per heavy atom. The highest BCUT2D eigenvalue weighted by Crippen LogP contribution is 2.12. The number of ether oxygens (including phenoxy) is 5. The second-order valence-electron chi connectivity index (χ2n) is 3.85. The Hall–Kier alpha value is -1.18. The summed E-state index contributed by atoms with van der Waals surface area (Å²) in [5.41, 5.74) is 0. The van der Waals surface area contributed by atoms with Gasteiger partial charge in [0.05, 0.1) is 0 Å². The highest BCUT2D eigenvalue weighted by molar-refractivity contribution is 5.66. The lowest BCUT2D eigenvalue weighted by Gasteiger charge is -2.30. The fraction of sp³-hybridized carbons (Fsp3) is 0.833. The second kappa shape index (κ2) is 9.71. The first kappa shape index (κ1) is 17.8. The summed E-state index contributed by atoms with van der Waals surface area (Å²) in [5, 5.41) is 0. The minimum absolute atomic E-state index is 0.0320. The Labute approximate surface area is 113 Å². The van der Waals surface area contributed by atoms with Crippen molar-refractivity contribution in [1.82, 2.24) is 0 Å². The van der Waals surface area contributed by atoms with E-state index in [1.165, 1.54) is 35.2 Å². The van der Waals surface area contributed by atoms with Gasteiger partial charge in [0.1, 0.15) is 31.5 Å². The smallest absolute Gasteiger partial charge is 0.302 e. The van der Waals surface area contributed by atoms with Gasteiger partial charge in [-0.05, 0) is 0 Å². The summed E-state index contributed by atoms with van der Waals surface area (Å²) in [7, 11) is 4.42. The third-order valence-electron chi connectivity index (χ3n) is 2.51. The van der Waals surface area contributed by atoms with Crippen LogP contribution in [0.2, 0.25) is 0 Å². The van der Waals surface area contributed by atoms with E-state index in [1.807, 2.05) is 0 Å². The standard InChI is InChI=1S/C12H22O7/c1-8(13)18-6-10(15-3)12(17-5)11(16-4)7-19-9(2)14/h10-12H,6-7H2,1-5H3/t10-,11+,12+. The van der Waals surface area contributed by atoms with Gasteiger partial charge in [-0.1, -0.05) is 0 Å². The predicted octanol–water partition coefficient (Wildman–Crippen LogP) is 0.158. The van der Waals surface area contributed by atoms with E-state index in [0.717, 1.165) is 0 Å². The lowest BCUT2D eigenvalue weighted by molar-refractivity contribution is -0.164. The van der Waals surface area contributed by atoms with Gasteiger partial charge < -0.3 is 23.7 Å². The fourth-order valence-corrected chi connectivity index (χ4v) is 1.54. The normalized spacial score (nSPS) is 15.4. The molecule has 19 heavy (non-hydrogen) atoms. The third kappa shape index (κ3) is 7.09. The van der Waals surface area contributed by atoms with Crippen molar-refractivity contribution in [2.45, 2.75) is 32.2 Å². The van der Waals surface area contributed by atoms with Crippen LogP contribution in [-0.2, 0) is 33.3 Å². The Morgan fingerprint density at radius 2 is 1.16 bits per heavy atom. The number of methoxy groups -OCH3 is 3. The van der Waals surface area contributed by atoms with Crippen LogP contribution in [0.5, 0.6) is 0 Å². The molecule has 0 amide bonds. The molecule has 7 heteroatoms. The lowest BCUT2D eigenvalue weighted by atomic mass is 10.1. The third-order valence-corrected chi connectivity index (χ3v) is 2.51. The van der Waals surface area contributed by atoms with Gasteiger partial charge in [-0.15, -0.1) is 0 Å². The van der Waals surface area contributed by atoms with Gasteiger partial charge in [0, 0.05) is 35.2 Å². The van der Waals surface area contributed by atoms with Crippen molar-refractivity contribution in [3.8, 4) is 0 Å². The first-order valence-electron chi connectivity index (χ1n) is 5.81. The quantitative estimate of drug-likeness (QED) is 0.556. The molecule has 0 unspecified atom stereocenters. The Bertz CT molecular complexity index is 253. The maximum atomic E-state index is 10.8. The molecule has 0 saturated carbocycles. The summed E-state index contributed by atoms with van der Waals surface area (Å²) >= 11 is 0. The first-order chi connectivity index (χ1) is 8.96. The summed E-state index contributed by atoms with van der Waals surface area (Å²) in [6, 6.07) is 0. The molecule has 0 aliphatic rings. The average Bonchev–Trinajstić information content (AvgIpc) is 2.36. The summed E-state index contributed by atoms with van der Waals surface area (Å²) < 4.78 is 25.5. The molecule has 0 aliphatic carbocycles. The van der Waals surface area contributed by atoms with Crippen molar-refractivity contribution in [3.05, 3.63) is 0 Å². The van der Waals surface area contributed by atoms with E-state index in [-0.39, 0.29) is 13.2 Å². The Balaban J connectivity index is 4.59. The van der Waals surface area contributed by atoms with E-state index in [4.69, 9.17) is 23.7 Å². The van der Waals surface area contributed by atoms with Gasteiger partial charge in [0.25, 0.3) is 0 Å². The molecule has 0 aromatic rings. The van der Waals surface area contributed by atoms with E-state index in [2.05, 4.69) is 0 Å². The van der Waals surface area contributed by atoms with Crippen LogP contribution in [-0.4, -0.2) is 64.8 Å². The number of carbonyl (C=O) groups is 2. The zero-order chi connectivity index (χ0) is 14.8. The molecule has 0 bridgehead atoms. The zero-order valence-electron chi connectivity index (χ0n) is 12.0. The molecule has 0 saturated heterocycles. The molecule has 0 heterocycles. The van der Waals surface area contributed by atoms with E-state index < -0.39 is 30.3 Å². The molecule has 0 aromatic carbocycles. The molecule has 0 rings (SSSR count). The van der Waals surface area contributed by atoms with Crippen LogP contribution in [0.3, 0.4) is 0 Å². The van der Waals surface area contributed by atoms with Gasteiger partial charge in [0.15, 0.2) is 0 Å². The van der Waals surface area contributed by atoms with Crippen LogP contribution in [0.1, 0.15) is 13.8 Å². The molecule has 0 fully saturated rings. The molecule has 3 atom stereocenters. The van der Waals surface area contributed by atoms with E-state index in [1.54, 1.807) is 0 Å².